The topological polar surface area (TPSA) is 89.3 Å². The van der Waals surface area contributed by atoms with Crippen LogP contribution in [0.3, 0.4) is 0 Å². The number of hydrogen-bond acceptors (Lipinski definition) is 4. The van der Waals surface area contributed by atoms with Crippen LogP contribution in [0, 0.1) is 0 Å². The molecule has 0 atom stereocenters. The quantitative estimate of drug-likeness (QED) is 0.894. The molecule has 0 radical (unpaired) electrons. The lowest BCUT2D eigenvalue weighted by atomic mass is 10.3. The van der Waals surface area contributed by atoms with Crippen molar-refractivity contribution in [2.24, 2.45) is 0 Å². The highest BCUT2D eigenvalue weighted by Crippen LogP contribution is 2.16. The average molecular weight is 266 g/mol. The predicted octanol–water partition coefficient (Wildman–Crippen LogP) is 0.974. The van der Waals surface area contributed by atoms with Gasteiger partial charge in [0.1, 0.15) is 0 Å². The fourth-order valence-corrected chi connectivity index (χ4v) is 2.18. The molecular weight excluding hydrogens is 256 g/mol. The van der Waals surface area contributed by atoms with Crippen LogP contribution < -0.4 is 0 Å². The zero-order valence-electron chi connectivity index (χ0n) is 9.44. The van der Waals surface area contributed by atoms with Gasteiger partial charge in [-0.15, -0.1) is 0 Å². The smallest absolute Gasteiger partial charge is 0.354 e. The third-order valence-corrected chi connectivity index (χ3v) is 3.46. The van der Waals surface area contributed by atoms with Gasteiger partial charge in [0, 0.05) is 6.26 Å². The maximum Gasteiger partial charge on any atom is 0.354 e. The Morgan fingerprint density at radius 2 is 2.06 bits per heavy atom. The Morgan fingerprint density at radius 1 is 1.33 bits per heavy atom. The van der Waals surface area contributed by atoms with Crippen LogP contribution in [0.1, 0.15) is 10.5 Å². The van der Waals surface area contributed by atoms with Gasteiger partial charge in [-0.05, 0) is 24.3 Å². The molecule has 1 heterocycles. The molecule has 7 heteroatoms. The number of carboxylic acids is 1. The van der Waals surface area contributed by atoms with E-state index < -0.39 is 15.8 Å². The second-order valence-electron chi connectivity index (χ2n) is 3.70. The Balaban J connectivity index is 2.59. The number of carbonyl (C=O) groups is 1. The van der Waals surface area contributed by atoms with Gasteiger partial charge in [-0.1, -0.05) is 6.07 Å². The second kappa shape index (κ2) is 4.26. The van der Waals surface area contributed by atoms with Crippen molar-refractivity contribution < 1.29 is 18.3 Å². The number of rotatable bonds is 3. The molecule has 1 N–H and O–H groups in total. The summed E-state index contributed by atoms with van der Waals surface area (Å²) in [7, 11) is -3.34. The van der Waals surface area contributed by atoms with Gasteiger partial charge in [0.15, 0.2) is 15.5 Å². The summed E-state index contributed by atoms with van der Waals surface area (Å²) in [4.78, 5) is 11.1. The van der Waals surface area contributed by atoms with E-state index in [2.05, 4.69) is 5.10 Å². The van der Waals surface area contributed by atoms with Gasteiger partial charge >= 0.3 is 5.97 Å². The minimum absolute atomic E-state index is 0.0272. The van der Waals surface area contributed by atoms with Crippen molar-refractivity contribution in [3.8, 4) is 5.69 Å². The first-order valence-corrected chi connectivity index (χ1v) is 6.86. The number of carboxylic acid groups (broad SMARTS) is 1. The van der Waals surface area contributed by atoms with Crippen LogP contribution in [0.2, 0.25) is 0 Å². The Labute approximate surface area is 103 Å². The van der Waals surface area contributed by atoms with Gasteiger partial charge in [0.05, 0.1) is 16.8 Å². The van der Waals surface area contributed by atoms with Gasteiger partial charge < -0.3 is 5.11 Å². The van der Waals surface area contributed by atoms with Crippen LogP contribution in [-0.2, 0) is 9.84 Å². The van der Waals surface area contributed by atoms with Gasteiger partial charge in [-0.3, -0.25) is 0 Å². The molecule has 0 aliphatic heterocycles. The number of aromatic carboxylic acids is 1. The van der Waals surface area contributed by atoms with Crippen molar-refractivity contribution in [1.82, 2.24) is 9.78 Å². The van der Waals surface area contributed by atoms with E-state index in [1.54, 1.807) is 12.1 Å². The van der Waals surface area contributed by atoms with Crippen molar-refractivity contribution in [3.05, 3.63) is 42.2 Å². The zero-order valence-corrected chi connectivity index (χ0v) is 10.3. The van der Waals surface area contributed by atoms with E-state index >= 15 is 0 Å². The Bertz CT molecular complexity index is 703. The molecular formula is C11H10N2O4S. The fraction of sp³-hybridized carbons (Fsp3) is 0.0909. The fourth-order valence-electron chi connectivity index (χ4n) is 1.52. The molecule has 0 bridgehead atoms. The summed E-state index contributed by atoms with van der Waals surface area (Å²) >= 11 is 0. The van der Waals surface area contributed by atoms with Gasteiger partial charge in [0.25, 0.3) is 0 Å². The molecule has 6 nitrogen and oxygen atoms in total. The maximum atomic E-state index is 11.4. The van der Waals surface area contributed by atoms with Gasteiger partial charge in [-0.25, -0.2) is 17.9 Å². The third kappa shape index (κ3) is 2.25. The van der Waals surface area contributed by atoms with Crippen molar-refractivity contribution >= 4 is 15.8 Å². The van der Waals surface area contributed by atoms with Crippen molar-refractivity contribution in [1.29, 1.82) is 0 Å². The first kappa shape index (κ1) is 12.3. The van der Waals surface area contributed by atoms with Gasteiger partial charge in [0.2, 0.25) is 0 Å². The molecule has 1 aromatic carbocycles. The van der Waals surface area contributed by atoms with Crippen LogP contribution in [-0.4, -0.2) is 35.5 Å². The molecule has 94 valence electrons. The zero-order chi connectivity index (χ0) is 13.3. The monoisotopic (exact) mass is 266 g/mol. The number of benzene rings is 1. The average Bonchev–Trinajstić information content (AvgIpc) is 2.77. The van der Waals surface area contributed by atoms with Crippen molar-refractivity contribution in [2.45, 2.75) is 4.90 Å². The van der Waals surface area contributed by atoms with E-state index in [0.29, 0.717) is 5.69 Å². The Morgan fingerprint density at radius 3 is 2.67 bits per heavy atom. The first-order valence-electron chi connectivity index (χ1n) is 4.97. The molecule has 2 rings (SSSR count). The number of aromatic nitrogens is 2. The van der Waals surface area contributed by atoms with E-state index in [1.807, 2.05) is 0 Å². The maximum absolute atomic E-state index is 11.4. The molecule has 0 aliphatic carbocycles. The lowest BCUT2D eigenvalue weighted by Crippen LogP contribution is -2.08. The molecule has 0 aliphatic rings. The Kier molecular flexibility index (Phi) is 2.92. The molecule has 18 heavy (non-hydrogen) atoms. The van der Waals surface area contributed by atoms with Crippen molar-refractivity contribution in [3.63, 3.8) is 0 Å². The molecule has 1 aromatic heterocycles. The molecule has 0 unspecified atom stereocenters. The van der Waals surface area contributed by atoms with E-state index in [9.17, 15) is 13.2 Å². The summed E-state index contributed by atoms with van der Waals surface area (Å²) in [6, 6.07) is 7.31. The van der Waals surface area contributed by atoms with Crippen LogP contribution in [0.5, 0.6) is 0 Å². The number of sulfone groups is 1. The summed E-state index contributed by atoms with van der Waals surface area (Å²) in [5.74, 6) is -1.13. The SMILES string of the molecule is CS(=O)(=O)c1cccc(-n2nccc2C(=O)O)c1. The lowest BCUT2D eigenvalue weighted by molar-refractivity contribution is 0.0687. The predicted molar refractivity (Wildman–Crippen MR) is 63.6 cm³/mol. The molecule has 2 aromatic rings. The Hall–Kier alpha value is -2.15. The third-order valence-electron chi connectivity index (χ3n) is 2.35. The standard InChI is InChI=1S/C11H10N2O4S/c1-18(16,17)9-4-2-3-8(7-9)13-10(11(14)15)5-6-12-13/h2-7H,1H3,(H,14,15). The normalized spacial score (nSPS) is 11.4. The highest BCUT2D eigenvalue weighted by atomic mass is 32.2. The largest absolute Gasteiger partial charge is 0.477 e. The molecule has 0 spiro atoms. The minimum atomic E-state index is -3.34. The first-order chi connectivity index (χ1) is 8.39. The summed E-state index contributed by atoms with van der Waals surface area (Å²) in [6.45, 7) is 0. The van der Waals surface area contributed by atoms with Gasteiger partial charge in [-0.2, -0.15) is 5.10 Å². The van der Waals surface area contributed by atoms with E-state index in [1.165, 1.54) is 29.1 Å². The highest BCUT2D eigenvalue weighted by Gasteiger charge is 2.13. The molecule has 0 amide bonds. The van der Waals surface area contributed by atoms with Crippen molar-refractivity contribution in [2.75, 3.05) is 6.26 Å². The molecule has 0 saturated carbocycles. The summed E-state index contributed by atoms with van der Waals surface area (Å²) < 4.78 is 24.0. The van der Waals surface area contributed by atoms with E-state index in [-0.39, 0.29) is 10.6 Å². The minimum Gasteiger partial charge on any atom is -0.477 e. The van der Waals surface area contributed by atoms with Crippen LogP contribution >= 0.6 is 0 Å². The molecule has 0 fully saturated rings. The molecule has 0 saturated heterocycles. The summed E-state index contributed by atoms with van der Waals surface area (Å²) in [5, 5.41) is 12.8. The second-order valence-corrected chi connectivity index (χ2v) is 5.72. The van der Waals surface area contributed by atoms with Crippen LogP contribution in [0.25, 0.3) is 5.69 Å². The highest BCUT2D eigenvalue weighted by molar-refractivity contribution is 7.90. The van der Waals surface area contributed by atoms with Crippen LogP contribution in [0.15, 0.2) is 41.4 Å². The number of hydrogen-bond donors (Lipinski definition) is 1. The van der Waals surface area contributed by atoms with E-state index in [0.717, 1.165) is 6.26 Å². The number of nitrogens with zero attached hydrogens (tertiary/aromatic N) is 2. The summed E-state index contributed by atoms with van der Waals surface area (Å²) in [6.07, 6.45) is 2.43. The van der Waals surface area contributed by atoms with E-state index in [4.69, 9.17) is 5.11 Å². The summed E-state index contributed by atoms with van der Waals surface area (Å²) in [5.41, 5.74) is 0.362. The lowest BCUT2D eigenvalue weighted by Gasteiger charge is -2.06. The van der Waals surface area contributed by atoms with Crippen LogP contribution in [0.4, 0.5) is 0 Å².